The number of nitrogens with zero attached hydrogens (tertiary/aromatic N) is 1. The summed E-state index contributed by atoms with van der Waals surface area (Å²) in [6.45, 7) is 0. The quantitative estimate of drug-likeness (QED) is 0.425. The molecule has 3 rings (SSSR count). The van der Waals surface area contributed by atoms with Crippen molar-refractivity contribution in [1.82, 2.24) is 4.98 Å². The summed E-state index contributed by atoms with van der Waals surface area (Å²) >= 11 is 0. The molecule has 158 valence electrons. The number of rotatable bonds is 5. The molecule has 0 amide bonds. The minimum atomic E-state index is -4.71. The Morgan fingerprint density at radius 3 is 2.38 bits per heavy atom. The van der Waals surface area contributed by atoms with Gasteiger partial charge in [0.2, 0.25) is 0 Å². The Bertz CT molecular complexity index is 867. The molecule has 1 aromatic heterocycles. The Hall–Kier alpha value is -2.46. The van der Waals surface area contributed by atoms with Crippen LogP contribution in [0, 0.1) is 11.6 Å². The molecule has 1 fully saturated rings. The fourth-order valence-electron chi connectivity index (χ4n) is 3.67. The van der Waals surface area contributed by atoms with E-state index in [-0.39, 0.29) is 5.75 Å². The summed E-state index contributed by atoms with van der Waals surface area (Å²) in [4.78, 5) is 3.59. The van der Waals surface area contributed by atoms with Crippen LogP contribution in [0.15, 0.2) is 30.5 Å². The zero-order valence-electron chi connectivity index (χ0n) is 15.5. The van der Waals surface area contributed by atoms with E-state index < -0.39 is 40.9 Å². The number of hydrogen-bond acceptors (Lipinski definition) is 5. The highest BCUT2D eigenvalue weighted by molar-refractivity contribution is 5.52. The number of anilines is 1. The Labute approximate surface area is 164 Å². The number of nitrogens with one attached hydrogen (secondary N) is 1. The van der Waals surface area contributed by atoms with Gasteiger partial charge in [-0.15, -0.1) is 0 Å². The number of pyridine rings is 1. The monoisotopic (exact) mass is 417 g/mol. The Morgan fingerprint density at radius 1 is 1.14 bits per heavy atom. The summed E-state index contributed by atoms with van der Waals surface area (Å²) in [6, 6.07) is 4.70. The van der Waals surface area contributed by atoms with Crippen molar-refractivity contribution < 1.29 is 31.4 Å². The van der Waals surface area contributed by atoms with E-state index in [0.29, 0.717) is 31.2 Å². The largest absolute Gasteiger partial charge is 0.490 e. The smallest absolute Gasteiger partial charge is 0.423 e. The van der Waals surface area contributed by atoms with Crippen molar-refractivity contribution in [3.63, 3.8) is 0 Å². The average Bonchev–Trinajstić information content (AvgIpc) is 2.70. The molecule has 10 heteroatoms. The summed E-state index contributed by atoms with van der Waals surface area (Å²) in [5, 5.41) is 0. The lowest BCUT2D eigenvalue weighted by Gasteiger charge is -2.39. The Morgan fingerprint density at radius 2 is 1.83 bits per heavy atom. The summed E-state index contributed by atoms with van der Waals surface area (Å²) in [6.07, 6.45) is -2.60. The second-order valence-corrected chi connectivity index (χ2v) is 6.82. The summed E-state index contributed by atoms with van der Waals surface area (Å²) < 4.78 is 78.4. The number of ether oxygens (including phenoxy) is 2. The number of benzene rings is 1. The number of aromatic nitrogens is 1. The van der Waals surface area contributed by atoms with Crippen LogP contribution in [0.2, 0.25) is 0 Å². The van der Waals surface area contributed by atoms with Gasteiger partial charge < -0.3 is 14.9 Å². The summed E-state index contributed by atoms with van der Waals surface area (Å²) in [5.41, 5.74) is 0.480. The molecule has 1 heterocycles. The fourth-order valence-corrected chi connectivity index (χ4v) is 3.67. The SMILES string of the molecule is CO[C@]1(c2ccc(F)c(F)c2)CC[C@@H](Oc2ccnc(NN)c2C(F)(F)F)CC1. The standard InChI is InChI=1S/C19H20F5N3O2/c1-28-18(11-2-3-13(20)14(21)10-11)7-4-12(5-8-18)29-15-6-9-26-17(27-25)16(15)19(22,23)24/h2-3,6,9-10,12H,4-5,7-8,25H2,1H3,(H,26,27)/t12-,18-. The molecule has 29 heavy (non-hydrogen) atoms. The Kier molecular flexibility index (Phi) is 5.95. The van der Waals surface area contributed by atoms with Gasteiger partial charge in [-0.25, -0.2) is 19.6 Å². The molecule has 0 atom stereocenters. The number of halogens is 5. The van der Waals surface area contributed by atoms with Crippen molar-refractivity contribution in [3.05, 3.63) is 53.2 Å². The van der Waals surface area contributed by atoms with Gasteiger partial charge in [0.05, 0.1) is 11.7 Å². The molecule has 0 aliphatic heterocycles. The first-order valence-electron chi connectivity index (χ1n) is 8.90. The van der Waals surface area contributed by atoms with E-state index in [1.54, 1.807) is 0 Å². The summed E-state index contributed by atoms with van der Waals surface area (Å²) in [5.74, 6) is 2.31. The molecule has 1 aromatic carbocycles. The number of alkyl halides is 3. The van der Waals surface area contributed by atoms with Crippen LogP contribution in [0.5, 0.6) is 5.75 Å². The van der Waals surface area contributed by atoms with E-state index in [1.807, 2.05) is 5.43 Å². The van der Waals surface area contributed by atoms with E-state index in [1.165, 1.54) is 19.4 Å². The van der Waals surface area contributed by atoms with Gasteiger partial charge in [0.25, 0.3) is 0 Å². The molecule has 0 saturated heterocycles. The van der Waals surface area contributed by atoms with Crippen molar-refractivity contribution >= 4 is 5.82 Å². The molecule has 1 aliphatic rings. The molecule has 1 aliphatic carbocycles. The third kappa shape index (κ3) is 4.27. The van der Waals surface area contributed by atoms with Gasteiger partial charge in [0.15, 0.2) is 17.5 Å². The highest BCUT2D eigenvalue weighted by Gasteiger charge is 2.41. The molecule has 5 nitrogen and oxygen atoms in total. The maximum Gasteiger partial charge on any atom is 0.423 e. The first-order chi connectivity index (χ1) is 13.7. The van der Waals surface area contributed by atoms with E-state index in [2.05, 4.69) is 4.98 Å². The Balaban J connectivity index is 1.78. The average molecular weight is 417 g/mol. The first kappa shape index (κ1) is 21.3. The lowest BCUT2D eigenvalue weighted by atomic mass is 9.78. The molecule has 0 bridgehead atoms. The van der Waals surface area contributed by atoms with Crippen molar-refractivity contribution in [2.24, 2.45) is 5.84 Å². The van der Waals surface area contributed by atoms with E-state index >= 15 is 0 Å². The van der Waals surface area contributed by atoms with E-state index in [9.17, 15) is 22.0 Å². The lowest BCUT2D eigenvalue weighted by molar-refractivity contribution is -0.139. The normalized spacial score (nSPS) is 22.4. The third-order valence-corrected chi connectivity index (χ3v) is 5.20. The molecular formula is C19H20F5N3O2. The van der Waals surface area contributed by atoms with Crippen molar-refractivity contribution in [1.29, 1.82) is 0 Å². The zero-order chi connectivity index (χ0) is 21.2. The van der Waals surface area contributed by atoms with Gasteiger partial charge in [-0.3, -0.25) is 0 Å². The molecule has 0 spiro atoms. The zero-order valence-corrected chi connectivity index (χ0v) is 15.5. The van der Waals surface area contributed by atoms with E-state index in [0.717, 1.165) is 18.2 Å². The molecule has 2 aromatic rings. The van der Waals surface area contributed by atoms with Crippen LogP contribution in [-0.4, -0.2) is 18.2 Å². The maximum absolute atomic E-state index is 13.6. The fraction of sp³-hybridized carbons (Fsp3) is 0.421. The van der Waals surface area contributed by atoms with Crippen molar-refractivity contribution in [2.75, 3.05) is 12.5 Å². The lowest BCUT2D eigenvalue weighted by Crippen LogP contribution is -2.37. The van der Waals surface area contributed by atoms with Crippen LogP contribution in [0.3, 0.4) is 0 Å². The van der Waals surface area contributed by atoms with Crippen LogP contribution < -0.4 is 16.0 Å². The van der Waals surface area contributed by atoms with Gasteiger partial charge >= 0.3 is 6.18 Å². The number of nitrogen functional groups attached to an aromatic ring is 1. The predicted octanol–water partition coefficient (Wildman–Crippen LogP) is 4.53. The van der Waals surface area contributed by atoms with Crippen LogP contribution in [0.25, 0.3) is 0 Å². The van der Waals surface area contributed by atoms with Crippen LogP contribution in [0.4, 0.5) is 27.8 Å². The van der Waals surface area contributed by atoms with E-state index in [4.69, 9.17) is 15.3 Å². The van der Waals surface area contributed by atoms with Gasteiger partial charge in [0, 0.05) is 13.3 Å². The highest BCUT2D eigenvalue weighted by Crippen LogP contribution is 2.44. The number of nitrogens with two attached hydrogens (primary N) is 1. The number of hydrazine groups is 1. The topological polar surface area (TPSA) is 69.4 Å². The van der Waals surface area contributed by atoms with Gasteiger partial charge in [0.1, 0.15) is 11.3 Å². The number of methoxy groups -OCH3 is 1. The molecule has 0 radical (unpaired) electrons. The second kappa shape index (κ2) is 8.11. The highest BCUT2D eigenvalue weighted by atomic mass is 19.4. The van der Waals surface area contributed by atoms with Crippen molar-refractivity contribution in [2.45, 2.75) is 43.6 Å². The van der Waals surface area contributed by atoms with Crippen LogP contribution in [0.1, 0.15) is 36.8 Å². The molecule has 0 unspecified atom stereocenters. The van der Waals surface area contributed by atoms with Gasteiger partial charge in [-0.05, 0) is 49.4 Å². The summed E-state index contributed by atoms with van der Waals surface area (Å²) in [7, 11) is 1.46. The van der Waals surface area contributed by atoms with Crippen LogP contribution in [-0.2, 0) is 16.5 Å². The minimum Gasteiger partial charge on any atom is -0.490 e. The van der Waals surface area contributed by atoms with Crippen LogP contribution >= 0.6 is 0 Å². The number of hydrogen-bond donors (Lipinski definition) is 2. The van der Waals surface area contributed by atoms with Gasteiger partial charge in [-0.1, -0.05) is 6.07 Å². The maximum atomic E-state index is 13.6. The predicted molar refractivity (Wildman–Crippen MR) is 95.0 cm³/mol. The van der Waals surface area contributed by atoms with Crippen molar-refractivity contribution in [3.8, 4) is 5.75 Å². The van der Waals surface area contributed by atoms with Gasteiger partial charge in [-0.2, -0.15) is 13.2 Å². The second-order valence-electron chi connectivity index (χ2n) is 6.82. The third-order valence-electron chi connectivity index (χ3n) is 5.20. The first-order valence-corrected chi connectivity index (χ1v) is 8.90. The molecule has 1 saturated carbocycles. The minimum absolute atomic E-state index is 0.359. The molecule has 3 N–H and O–H groups in total. The molecular weight excluding hydrogens is 397 g/mol.